The van der Waals surface area contributed by atoms with E-state index in [0.29, 0.717) is 0 Å². The summed E-state index contributed by atoms with van der Waals surface area (Å²) in [6.07, 6.45) is 10.0. The molecule has 0 amide bonds. The van der Waals surface area contributed by atoms with Crippen molar-refractivity contribution in [1.29, 1.82) is 0 Å². The van der Waals surface area contributed by atoms with Crippen molar-refractivity contribution in [2.75, 3.05) is 20.6 Å². The molecule has 0 bridgehead atoms. The van der Waals surface area contributed by atoms with Crippen molar-refractivity contribution in [3.63, 3.8) is 0 Å². The van der Waals surface area contributed by atoms with E-state index in [1.54, 1.807) is 0 Å². The maximum atomic E-state index is 3.61. The molecular formula is C13H27Cl2NTi-6. The quantitative estimate of drug-likeness (QED) is 0.382. The molecule has 17 heavy (non-hydrogen) atoms. The summed E-state index contributed by atoms with van der Waals surface area (Å²) in [6.45, 7) is 4.50. The summed E-state index contributed by atoms with van der Waals surface area (Å²) in [5.74, 6) is 0. The zero-order chi connectivity index (χ0) is 7.82. The maximum Gasteiger partial charge on any atom is 2.00 e. The Bertz CT molecular complexity index is 117. The minimum absolute atomic E-state index is 0. The van der Waals surface area contributed by atoms with Crippen LogP contribution in [-0.2, 0) is 21.7 Å². The van der Waals surface area contributed by atoms with E-state index in [1.807, 2.05) is 31.1 Å². The van der Waals surface area contributed by atoms with Crippen LogP contribution in [0.15, 0.2) is 18.2 Å². The molecule has 1 aliphatic rings. The largest absolute Gasteiger partial charge is 2.00 e. The Morgan fingerprint density at radius 3 is 1.53 bits per heavy atom. The Morgan fingerprint density at radius 1 is 1.12 bits per heavy atom. The minimum Gasteiger partial charge on any atom is -1.00 e. The van der Waals surface area contributed by atoms with Gasteiger partial charge in [-0.2, -0.15) is 6.08 Å². The number of hydrogen-bond donors (Lipinski definition) is 0. The summed E-state index contributed by atoms with van der Waals surface area (Å²) >= 11 is 0. The van der Waals surface area contributed by atoms with Crippen LogP contribution in [0.3, 0.4) is 0 Å². The molecule has 0 fully saturated rings. The Labute approximate surface area is 139 Å². The summed E-state index contributed by atoms with van der Waals surface area (Å²) < 4.78 is 0. The molecule has 0 spiro atoms. The second-order valence-corrected chi connectivity index (χ2v) is 2.31. The van der Waals surface area contributed by atoms with Crippen molar-refractivity contribution >= 4 is 0 Å². The first kappa shape index (κ1) is 52.4. The van der Waals surface area contributed by atoms with Crippen LogP contribution in [0, 0.1) is 42.7 Å². The van der Waals surface area contributed by atoms with Gasteiger partial charge in [-0.15, -0.1) is 13.0 Å². The van der Waals surface area contributed by atoms with Gasteiger partial charge in [0.2, 0.25) is 0 Å². The van der Waals surface area contributed by atoms with Gasteiger partial charge in [0.25, 0.3) is 0 Å². The van der Waals surface area contributed by atoms with Gasteiger partial charge in [0.15, 0.2) is 0 Å². The van der Waals surface area contributed by atoms with Crippen molar-refractivity contribution in [2.45, 2.75) is 6.42 Å². The third kappa shape index (κ3) is 60.7. The number of allylic oxidation sites excluding steroid dienone is 4. The van der Waals surface area contributed by atoms with Crippen LogP contribution >= 0.6 is 0 Å². The summed E-state index contributed by atoms with van der Waals surface area (Å²) in [6, 6.07) is 0. The van der Waals surface area contributed by atoms with Gasteiger partial charge in [-0.3, -0.25) is 6.08 Å². The molecule has 0 N–H and O–H groups in total. The fourth-order valence-electron chi connectivity index (χ4n) is 0.340. The SMILES string of the molecule is [C-]1=CC=CC1.[CH2-]CN(C)C.[CH3-].[CH3-].[CH3-].[CH3-].[Cl-].[Cl-].[Ti+2]. The maximum absolute atomic E-state index is 3.61. The molecule has 0 atom stereocenters. The van der Waals surface area contributed by atoms with E-state index in [-0.39, 0.29) is 76.2 Å². The van der Waals surface area contributed by atoms with E-state index in [9.17, 15) is 0 Å². The molecule has 1 aliphatic carbocycles. The molecule has 1 rings (SSSR count). The summed E-state index contributed by atoms with van der Waals surface area (Å²) in [4.78, 5) is 2.01. The Morgan fingerprint density at radius 2 is 1.47 bits per heavy atom. The first-order valence-corrected chi connectivity index (χ1v) is 3.43. The van der Waals surface area contributed by atoms with Crippen molar-refractivity contribution in [1.82, 2.24) is 4.90 Å². The fraction of sp³-hybridized carbons (Fsp3) is 0.308. The first-order chi connectivity index (χ1) is 4.77. The molecule has 0 saturated heterocycles. The third-order valence-electron chi connectivity index (χ3n) is 1.03. The van der Waals surface area contributed by atoms with Gasteiger partial charge in [0.05, 0.1) is 0 Å². The van der Waals surface area contributed by atoms with Gasteiger partial charge in [0, 0.05) is 0 Å². The van der Waals surface area contributed by atoms with Crippen LogP contribution in [0.2, 0.25) is 0 Å². The molecule has 4 heteroatoms. The van der Waals surface area contributed by atoms with Gasteiger partial charge < -0.3 is 66.3 Å². The number of rotatable bonds is 1. The van der Waals surface area contributed by atoms with Crippen LogP contribution < -0.4 is 24.8 Å². The van der Waals surface area contributed by atoms with Crippen LogP contribution in [0.4, 0.5) is 0 Å². The average Bonchev–Trinajstić information content (AvgIpc) is 2.43. The zero-order valence-corrected chi connectivity index (χ0v) is 15.1. The van der Waals surface area contributed by atoms with Crippen LogP contribution in [0.1, 0.15) is 6.42 Å². The average molecular weight is 316 g/mol. The Balaban J connectivity index is -0.0000000112. The van der Waals surface area contributed by atoms with E-state index >= 15 is 0 Å². The van der Waals surface area contributed by atoms with Crippen molar-refractivity contribution < 1.29 is 46.5 Å². The molecule has 108 valence electrons. The molecule has 1 nitrogen and oxygen atoms in total. The third-order valence-corrected chi connectivity index (χ3v) is 1.03. The monoisotopic (exact) mass is 315 g/mol. The molecule has 0 heterocycles. The zero-order valence-electron chi connectivity index (χ0n) is 12.1. The second-order valence-electron chi connectivity index (χ2n) is 2.31. The molecule has 0 aromatic carbocycles. The van der Waals surface area contributed by atoms with Gasteiger partial charge in [-0.25, -0.2) is 12.2 Å². The Hall–Kier alpha value is 0.734. The summed E-state index contributed by atoms with van der Waals surface area (Å²) in [7, 11) is 3.99. The van der Waals surface area contributed by atoms with E-state index < -0.39 is 0 Å². The molecule has 0 aromatic rings. The van der Waals surface area contributed by atoms with Crippen LogP contribution in [-0.4, -0.2) is 25.5 Å². The van der Waals surface area contributed by atoms with E-state index in [4.69, 9.17) is 0 Å². The van der Waals surface area contributed by atoms with Gasteiger partial charge >= 0.3 is 21.7 Å². The van der Waals surface area contributed by atoms with Crippen molar-refractivity contribution in [3.05, 3.63) is 60.9 Å². The molecule has 0 unspecified atom stereocenters. The number of halogens is 2. The van der Waals surface area contributed by atoms with Gasteiger partial charge in [-0.1, -0.05) is 0 Å². The number of nitrogens with zero attached hydrogens (tertiary/aromatic N) is 1. The van der Waals surface area contributed by atoms with E-state index in [1.165, 1.54) is 0 Å². The van der Waals surface area contributed by atoms with Crippen LogP contribution in [0.25, 0.3) is 0 Å². The predicted octanol–water partition coefficient (Wildman–Crippen LogP) is -2.51. The topological polar surface area (TPSA) is 3.24 Å². The van der Waals surface area contributed by atoms with E-state index in [0.717, 1.165) is 13.0 Å². The summed E-state index contributed by atoms with van der Waals surface area (Å²) in [5.41, 5.74) is 0. The van der Waals surface area contributed by atoms with Gasteiger partial charge in [-0.05, 0) is 14.1 Å². The van der Waals surface area contributed by atoms with Crippen LogP contribution in [0.5, 0.6) is 0 Å². The second kappa shape index (κ2) is 43.7. The summed E-state index contributed by atoms with van der Waals surface area (Å²) in [5, 5.41) is 0. The molecule has 0 aromatic heterocycles. The Kier molecular flexibility index (Phi) is 135. The predicted molar refractivity (Wildman–Crippen MR) is 71.1 cm³/mol. The standard InChI is InChI=1S/C5H5.C4H10N.4CH3.2ClH.Ti/c1-2-4-5-3-1;1-4-5(2)3;;;;;;;/h1-3H,4H2;1,4H2,2-3H3;4*1H3;2*1H;/q6*-1;;;+2/p-2. The van der Waals surface area contributed by atoms with Crippen molar-refractivity contribution in [2.24, 2.45) is 0 Å². The minimum atomic E-state index is 0. The van der Waals surface area contributed by atoms with Crippen molar-refractivity contribution in [3.8, 4) is 0 Å². The van der Waals surface area contributed by atoms with Gasteiger partial charge in [0.1, 0.15) is 0 Å². The van der Waals surface area contributed by atoms with E-state index in [2.05, 4.69) is 19.1 Å². The molecular weight excluding hydrogens is 289 g/mol. The normalized spacial score (nSPS) is 8.00. The fourth-order valence-corrected chi connectivity index (χ4v) is 0.340. The molecule has 0 saturated carbocycles. The number of hydrogen-bond acceptors (Lipinski definition) is 1. The first-order valence-electron chi connectivity index (χ1n) is 3.43. The molecule has 0 aliphatic heterocycles. The smallest absolute Gasteiger partial charge is 1.00 e. The molecule has 0 radical (unpaired) electrons.